The molecule has 114 valence electrons. The summed E-state index contributed by atoms with van der Waals surface area (Å²) in [7, 11) is 1.69. The lowest BCUT2D eigenvalue weighted by molar-refractivity contribution is -0.137. The Morgan fingerprint density at radius 1 is 1.33 bits per heavy atom. The van der Waals surface area contributed by atoms with Gasteiger partial charge in [-0.05, 0) is 19.1 Å². The van der Waals surface area contributed by atoms with Gasteiger partial charge in [-0.15, -0.1) is 11.3 Å². The van der Waals surface area contributed by atoms with E-state index in [1.54, 1.807) is 24.4 Å². The number of halogens is 3. The maximum Gasteiger partial charge on any atom is 0.416 e. The van der Waals surface area contributed by atoms with Gasteiger partial charge in [0.15, 0.2) is 0 Å². The standard InChI is InChI=1S/C13H15F3N4S/c1-3-17-11-4-9(13(14,15)16)5-12(19-11)20(2)6-10-7-21-8-18-10/h4-5,7-8H,3,6H2,1-2H3,(H,17,19). The van der Waals surface area contributed by atoms with Gasteiger partial charge in [0.25, 0.3) is 0 Å². The molecular formula is C13H15F3N4S. The molecule has 0 fully saturated rings. The smallest absolute Gasteiger partial charge is 0.370 e. The quantitative estimate of drug-likeness (QED) is 0.914. The molecule has 0 spiro atoms. The summed E-state index contributed by atoms with van der Waals surface area (Å²) in [5, 5.41) is 4.68. The number of alkyl halides is 3. The average molecular weight is 316 g/mol. The van der Waals surface area contributed by atoms with Crippen LogP contribution in [0.3, 0.4) is 0 Å². The lowest BCUT2D eigenvalue weighted by Gasteiger charge is -2.20. The molecule has 0 unspecified atom stereocenters. The fourth-order valence-electron chi connectivity index (χ4n) is 1.79. The zero-order valence-corrected chi connectivity index (χ0v) is 12.4. The highest BCUT2D eigenvalue weighted by atomic mass is 32.1. The van der Waals surface area contributed by atoms with Crippen LogP contribution in [0.5, 0.6) is 0 Å². The molecule has 21 heavy (non-hydrogen) atoms. The van der Waals surface area contributed by atoms with Gasteiger partial charge in [-0.1, -0.05) is 0 Å². The molecule has 0 amide bonds. The van der Waals surface area contributed by atoms with Gasteiger partial charge in [-0.3, -0.25) is 0 Å². The van der Waals surface area contributed by atoms with Crippen molar-refractivity contribution in [3.63, 3.8) is 0 Å². The molecule has 4 nitrogen and oxygen atoms in total. The predicted molar refractivity (Wildman–Crippen MR) is 77.6 cm³/mol. The first kappa shape index (κ1) is 15.6. The van der Waals surface area contributed by atoms with Gasteiger partial charge in [0.2, 0.25) is 0 Å². The largest absolute Gasteiger partial charge is 0.416 e. The molecule has 0 aromatic carbocycles. The Hall–Kier alpha value is -1.83. The van der Waals surface area contributed by atoms with Crippen LogP contribution in [-0.4, -0.2) is 23.6 Å². The first-order valence-electron chi connectivity index (χ1n) is 6.31. The number of hydrogen-bond acceptors (Lipinski definition) is 5. The highest BCUT2D eigenvalue weighted by Crippen LogP contribution is 2.32. The lowest BCUT2D eigenvalue weighted by atomic mass is 10.2. The number of nitrogens with one attached hydrogen (secondary N) is 1. The van der Waals surface area contributed by atoms with E-state index < -0.39 is 11.7 Å². The van der Waals surface area contributed by atoms with Crippen molar-refractivity contribution in [2.75, 3.05) is 23.8 Å². The van der Waals surface area contributed by atoms with Crippen molar-refractivity contribution >= 4 is 23.0 Å². The Morgan fingerprint density at radius 2 is 2.10 bits per heavy atom. The number of hydrogen-bond donors (Lipinski definition) is 1. The Labute approximate surface area is 124 Å². The van der Waals surface area contributed by atoms with Crippen molar-refractivity contribution in [1.82, 2.24) is 9.97 Å². The van der Waals surface area contributed by atoms with Gasteiger partial charge in [-0.25, -0.2) is 9.97 Å². The van der Waals surface area contributed by atoms with Crippen molar-refractivity contribution in [2.24, 2.45) is 0 Å². The van der Waals surface area contributed by atoms with Gasteiger partial charge in [-0.2, -0.15) is 13.2 Å². The monoisotopic (exact) mass is 316 g/mol. The molecule has 2 heterocycles. The molecule has 2 aromatic rings. The maximum absolute atomic E-state index is 12.9. The number of pyridine rings is 1. The second-order valence-electron chi connectivity index (χ2n) is 4.46. The van der Waals surface area contributed by atoms with Gasteiger partial charge < -0.3 is 10.2 Å². The first-order valence-corrected chi connectivity index (χ1v) is 7.25. The minimum absolute atomic E-state index is 0.215. The molecule has 2 aromatic heterocycles. The van der Waals surface area contributed by atoms with Crippen molar-refractivity contribution in [3.05, 3.63) is 34.3 Å². The van der Waals surface area contributed by atoms with Crippen LogP contribution < -0.4 is 10.2 Å². The van der Waals surface area contributed by atoms with Crippen molar-refractivity contribution < 1.29 is 13.2 Å². The second kappa shape index (κ2) is 6.30. The van der Waals surface area contributed by atoms with Gasteiger partial charge in [0.1, 0.15) is 11.6 Å². The van der Waals surface area contributed by atoms with Crippen LogP contribution in [0.25, 0.3) is 0 Å². The molecule has 0 aliphatic heterocycles. The summed E-state index contributed by atoms with van der Waals surface area (Å²) >= 11 is 1.44. The number of rotatable bonds is 5. The third kappa shape index (κ3) is 4.07. The summed E-state index contributed by atoms with van der Waals surface area (Å²) in [5.74, 6) is 0.473. The fourth-order valence-corrected chi connectivity index (χ4v) is 2.34. The molecule has 8 heteroatoms. The van der Waals surface area contributed by atoms with Crippen LogP contribution in [0.2, 0.25) is 0 Å². The topological polar surface area (TPSA) is 41.0 Å². The van der Waals surface area contributed by atoms with E-state index >= 15 is 0 Å². The van der Waals surface area contributed by atoms with E-state index in [1.807, 2.05) is 5.38 Å². The van der Waals surface area contributed by atoms with Crippen molar-refractivity contribution in [1.29, 1.82) is 0 Å². The average Bonchev–Trinajstić information content (AvgIpc) is 2.90. The Kier molecular flexibility index (Phi) is 4.66. The van der Waals surface area contributed by atoms with Crippen molar-refractivity contribution in [3.8, 4) is 0 Å². The molecule has 0 aliphatic carbocycles. The minimum Gasteiger partial charge on any atom is -0.370 e. The molecule has 0 aliphatic rings. The second-order valence-corrected chi connectivity index (χ2v) is 5.18. The molecule has 0 bridgehead atoms. The third-order valence-corrected chi connectivity index (χ3v) is 3.41. The highest BCUT2D eigenvalue weighted by Gasteiger charge is 2.32. The SMILES string of the molecule is CCNc1cc(C(F)(F)F)cc(N(C)Cc2cscn2)n1. The van der Waals surface area contributed by atoms with Gasteiger partial charge >= 0.3 is 6.18 Å². The molecule has 0 radical (unpaired) electrons. The molecule has 2 rings (SSSR count). The minimum atomic E-state index is -4.40. The molecular weight excluding hydrogens is 301 g/mol. The summed E-state index contributed by atoms with van der Waals surface area (Å²) in [5.41, 5.74) is 1.77. The Bertz CT molecular complexity index is 584. The van der Waals surface area contributed by atoms with E-state index in [0.717, 1.165) is 17.8 Å². The molecule has 0 saturated heterocycles. The highest BCUT2D eigenvalue weighted by molar-refractivity contribution is 7.07. The fraction of sp³-hybridized carbons (Fsp3) is 0.385. The van der Waals surface area contributed by atoms with E-state index in [9.17, 15) is 13.2 Å². The summed E-state index contributed by atoms with van der Waals surface area (Å²) < 4.78 is 38.8. The maximum atomic E-state index is 12.9. The summed E-state index contributed by atoms with van der Waals surface area (Å²) in [6.07, 6.45) is -4.40. The van der Waals surface area contributed by atoms with Crippen LogP contribution in [0, 0.1) is 0 Å². The molecule has 1 N–H and O–H groups in total. The number of anilines is 2. The zero-order valence-electron chi connectivity index (χ0n) is 11.6. The summed E-state index contributed by atoms with van der Waals surface area (Å²) in [6.45, 7) is 2.72. The van der Waals surface area contributed by atoms with Crippen LogP contribution in [0.15, 0.2) is 23.0 Å². The molecule has 0 saturated carbocycles. The zero-order chi connectivity index (χ0) is 15.5. The van der Waals surface area contributed by atoms with Crippen LogP contribution in [-0.2, 0) is 12.7 Å². The number of thiazole rings is 1. The predicted octanol–water partition coefficient (Wildman–Crippen LogP) is 3.63. The van der Waals surface area contributed by atoms with Crippen LogP contribution in [0.1, 0.15) is 18.2 Å². The normalized spacial score (nSPS) is 11.5. The van der Waals surface area contributed by atoms with E-state index in [4.69, 9.17) is 0 Å². The Morgan fingerprint density at radius 3 is 2.67 bits per heavy atom. The van der Waals surface area contributed by atoms with Crippen molar-refractivity contribution in [2.45, 2.75) is 19.6 Å². The van der Waals surface area contributed by atoms with E-state index in [1.165, 1.54) is 11.3 Å². The van der Waals surface area contributed by atoms with Gasteiger partial charge in [0, 0.05) is 19.0 Å². The molecule has 0 atom stereocenters. The number of aromatic nitrogens is 2. The first-order chi connectivity index (χ1) is 9.90. The third-order valence-electron chi connectivity index (χ3n) is 2.77. The van der Waals surface area contributed by atoms with E-state index in [0.29, 0.717) is 13.1 Å². The van der Waals surface area contributed by atoms with Crippen LogP contribution >= 0.6 is 11.3 Å². The van der Waals surface area contributed by atoms with Gasteiger partial charge in [0.05, 0.1) is 23.3 Å². The number of nitrogens with zero attached hydrogens (tertiary/aromatic N) is 3. The Balaban J connectivity index is 2.30. The van der Waals surface area contributed by atoms with E-state index in [-0.39, 0.29) is 11.6 Å². The lowest BCUT2D eigenvalue weighted by Crippen LogP contribution is -2.20. The summed E-state index contributed by atoms with van der Waals surface area (Å²) in [6, 6.07) is 2.07. The summed E-state index contributed by atoms with van der Waals surface area (Å²) in [4.78, 5) is 9.97. The van der Waals surface area contributed by atoms with Crippen LogP contribution in [0.4, 0.5) is 24.8 Å². The van der Waals surface area contributed by atoms with E-state index in [2.05, 4.69) is 15.3 Å².